The van der Waals surface area contributed by atoms with Crippen LogP contribution in [0.3, 0.4) is 0 Å². The van der Waals surface area contributed by atoms with Gasteiger partial charge in [-0.1, -0.05) is 36.8 Å². The molecule has 1 aliphatic rings. The van der Waals surface area contributed by atoms with E-state index in [4.69, 9.17) is 11.1 Å². The van der Waals surface area contributed by atoms with Crippen molar-refractivity contribution in [2.75, 3.05) is 18.5 Å². The Morgan fingerprint density at radius 3 is 2.36 bits per heavy atom. The second-order valence-corrected chi connectivity index (χ2v) is 7.97. The third-order valence-corrected chi connectivity index (χ3v) is 5.78. The van der Waals surface area contributed by atoms with Crippen molar-refractivity contribution in [3.05, 3.63) is 65.7 Å². The highest BCUT2D eigenvalue weighted by molar-refractivity contribution is 6.01. The van der Waals surface area contributed by atoms with Crippen molar-refractivity contribution < 1.29 is 9.59 Å². The number of amidine groups is 1. The number of likely N-dealkylation sites (N-methyl/N-ethyl adjacent to an activating group) is 1. The van der Waals surface area contributed by atoms with Crippen LogP contribution in [0.25, 0.3) is 0 Å². The van der Waals surface area contributed by atoms with Crippen LogP contribution in [0.4, 0.5) is 5.69 Å². The summed E-state index contributed by atoms with van der Waals surface area (Å²) in [6.07, 6.45) is 4.06. The molecule has 0 bridgehead atoms. The number of nitrogens with one attached hydrogen (secondary N) is 3. The molecular formula is C24H33Cl2N5O2. The Morgan fingerprint density at radius 2 is 1.79 bits per heavy atom. The summed E-state index contributed by atoms with van der Waals surface area (Å²) in [5.41, 5.74) is 8.13. The van der Waals surface area contributed by atoms with Crippen LogP contribution < -0.4 is 21.3 Å². The number of amides is 2. The Labute approximate surface area is 207 Å². The van der Waals surface area contributed by atoms with Gasteiger partial charge in [-0.25, -0.2) is 0 Å². The first kappa shape index (κ1) is 28.4. The zero-order chi connectivity index (χ0) is 22.2. The molecule has 1 aliphatic heterocycles. The number of anilines is 1. The van der Waals surface area contributed by atoms with Gasteiger partial charge < -0.3 is 16.0 Å². The molecule has 0 saturated carbocycles. The predicted octanol–water partition coefficient (Wildman–Crippen LogP) is 3.04. The average Bonchev–Trinajstić information content (AvgIpc) is 2.80. The molecule has 180 valence electrons. The van der Waals surface area contributed by atoms with E-state index in [0.717, 1.165) is 37.1 Å². The molecule has 0 aromatic heterocycles. The van der Waals surface area contributed by atoms with Gasteiger partial charge in [-0.05, 0) is 62.1 Å². The summed E-state index contributed by atoms with van der Waals surface area (Å²) < 4.78 is 0. The summed E-state index contributed by atoms with van der Waals surface area (Å²) >= 11 is 0. The minimum atomic E-state index is -0.518. The lowest BCUT2D eigenvalue weighted by Crippen LogP contribution is -2.53. The maximum atomic E-state index is 13.2. The van der Waals surface area contributed by atoms with Crippen molar-refractivity contribution in [2.45, 2.75) is 44.2 Å². The number of halogens is 2. The number of nitrogen functional groups attached to an aromatic ring is 1. The molecule has 2 aromatic carbocycles. The standard InChI is InChI=1S/C24H31N5O2.2ClH/c1-29(19-13-11-18(12-14-19)22(25)26)21(15-10-17-7-3-2-4-8-17)24(31)28-23(30)20-9-5-6-16-27-20;;/h2-4,7-8,11-14,20-21,27H,5-6,9-10,15-16H2,1H3,(H3,25,26)(H,28,30,31);2*1H/t20-,21+;;/m1../s1. The minimum Gasteiger partial charge on any atom is -0.384 e. The van der Waals surface area contributed by atoms with E-state index in [0.29, 0.717) is 18.4 Å². The van der Waals surface area contributed by atoms with Crippen LogP contribution in [0.1, 0.15) is 36.8 Å². The minimum absolute atomic E-state index is 0. The maximum absolute atomic E-state index is 13.2. The normalized spacial score (nSPS) is 15.8. The molecule has 0 radical (unpaired) electrons. The number of rotatable bonds is 8. The first-order valence-electron chi connectivity index (χ1n) is 10.7. The molecule has 9 heteroatoms. The van der Waals surface area contributed by atoms with Gasteiger partial charge in [-0.15, -0.1) is 24.8 Å². The molecule has 3 rings (SSSR count). The van der Waals surface area contributed by atoms with E-state index in [1.54, 1.807) is 12.1 Å². The number of hydrogen-bond acceptors (Lipinski definition) is 5. The quantitative estimate of drug-likeness (QED) is 0.333. The second kappa shape index (κ2) is 13.8. The largest absolute Gasteiger partial charge is 0.384 e. The van der Waals surface area contributed by atoms with E-state index in [-0.39, 0.29) is 48.5 Å². The molecule has 2 atom stereocenters. The van der Waals surface area contributed by atoms with Gasteiger partial charge in [0.05, 0.1) is 6.04 Å². The number of carbonyl (C=O) groups excluding carboxylic acids is 2. The van der Waals surface area contributed by atoms with Crippen molar-refractivity contribution in [1.29, 1.82) is 5.41 Å². The molecular weight excluding hydrogens is 461 g/mol. The highest BCUT2D eigenvalue weighted by atomic mass is 35.5. The van der Waals surface area contributed by atoms with E-state index in [9.17, 15) is 9.59 Å². The summed E-state index contributed by atoms with van der Waals surface area (Å²) in [5, 5.41) is 13.4. The van der Waals surface area contributed by atoms with Gasteiger partial charge in [0.25, 0.3) is 0 Å². The zero-order valence-electron chi connectivity index (χ0n) is 18.8. The third kappa shape index (κ3) is 8.03. The van der Waals surface area contributed by atoms with Crippen molar-refractivity contribution in [1.82, 2.24) is 10.6 Å². The van der Waals surface area contributed by atoms with Crippen molar-refractivity contribution in [3.63, 3.8) is 0 Å². The van der Waals surface area contributed by atoms with Gasteiger partial charge >= 0.3 is 0 Å². The van der Waals surface area contributed by atoms with Crippen molar-refractivity contribution in [2.24, 2.45) is 5.73 Å². The zero-order valence-corrected chi connectivity index (χ0v) is 20.4. The monoisotopic (exact) mass is 493 g/mol. The highest BCUT2D eigenvalue weighted by Crippen LogP contribution is 2.20. The molecule has 1 saturated heterocycles. The average molecular weight is 494 g/mol. The number of piperidine rings is 1. The van der Waals surface area contributed by atoms with E-state index in [1.165, 1.54) is 0 Å². The topological polar surface area (TPSA) is 111 Å². The Bertz CT molecular complexity index is 903. The SMILES string of the molecule is CN(c1ccc(C(=N)N)cc1)[C@@H](CCc1ccccc1)C(=O)NC(=O)[C@H]1CCCCN1.Cl.Cl. The number of nitrogens with two attached hydrogens (primary N) is 1. The fraction of sp³-hybridized carbons (Fsp3) is 0.375. The van der Waals surface area contributed by atoms with Crippen LogP contribution in [0.15, 0.2) is 54.6 Å². The number of nitrogens with zero attached hydrogens (tertiary/aromatic N) is 1. The lowest BCUT2D eigenvalue weighted by atomic mass is 10.0. The molecule has 7 nitrogen and oxygen atoms in total. The number of carbonyl (C=O) groups is 2. The summed E-state index contributed by atoms with van der Waals surface area (Å²) in [7, 11) is 1.85. The number of imide groups is 1. The molecule has 1 fully saturated rings. The summed E-state index contributed by atoms with van der Waals surface area (Å²) in [6, 6.07) is 16.4. The Morgan fingerprint density at radius 1 is 1.12 bits per heavy atom. The van der Waals surface area contributed by atoms with Crippen LogP contribution in [-0.2, 0) is 16.0 Å². The summed E-state index contributed by atoms with van der Waals surface area (Å²) in [5.74, 6) is -0.556. The fourth-order valence-corrected chi connectivity index (χ4v) is 3.87. The van der Waals surface area contributed by atoms with E-state index < -0.39 is 6.04 Å². The Kier molecular flexibility index (Phi) is 11.9. The molecule has 2 amide bonds. The van der Waals surface area contributed by atoms with Gasteiger partial charge in [0.15, 0.2) is 0 Å². The molecule has 0 unspecified atom stereocenters. The molecule has 5 N–H and O–H groups in total. The molecule has 2 aromatic rings. The van der Waals surface area contributed by atoms with Crippen molar-refractivity contribution in [3.8, 4) is 0 Å². The third-order valence-electron chi connectivity index (χ3n) is 5.78. The summed E-state index contributed by atoms with van der Waals surface area (Å²) in [6.45, 7) is 0.798. The molecule has 0 aliphatic carbocycles. The van der Waals surface area contributed by atoms with Gasteiger partial charge in [0.1, 0.15) is 11.9 Å². The number of benzene rings is 2. The Balaban J connectivity index is 0.00000272. The van der Waals surface area contributed by atoms with Crippen LogP contribution in [0.2, 0.25) is 0 Å². The van der Waals surface area contributed by atoms with Crippen LogP contribution in [-0.4, -0.2) is 43.3 Å². The first-order valence-corrected chi connectivity index (χ1v) is 10.7. The molecule has 33 heavy (non-hydrogen) atoms. The first-order chi connectivity index (χ1) is 15.0. The van der Waals surface area contributed by atoms with E-state index in [1.807, 2.05) is 54.4 Å². The van der Waals surface area contributed by atoms with E-state index >= 15 is 0 Å². The second-order valence-electron chi connectivity index (χ2n) is 7.97. The Hall–Kier alpha value is -2.61. The molecule has 1 heterocycles. The van der Waals surface area contributed by atoms with Crippen LogP contribution >= 0.6 is 24.8 Å². The molecule has 0 spiro atoms. The lowest BCUT2D eigenvalue weighted by Gasteiger charge is -2.30. The smallest absolute Gasteiger partial charge is 0.249 e. The number of hydrogen-bond donors (Lipinski definition) is 4. The fourth-order valence-electron chi connectivity index (χ4n) is 3.87. The highest BCUT2D eigenvalue weighted by Gasteiger charge is 2.28. The number of aryl methyl sites for hydroxylation is 1. The lowest BCUT2D eigenvalue weighted by molar-refractivity contribution is -0.132. The maximum Gasteiger partial charge on any atom is 0.249 e. The van der Waals surface area contributed by atoms with Crippen molar-refractivity contribution >= 4 is 48.2 Å². The summed E-state index contributed by atoms with van der Waals surface area (Å²) in [4.78, 5) is 27.6. The van der Waals surface area contributed by atoms with Gasteiger partial charge in [0, 0.05) is 18.3 Å². The van der Waals surface area contributed by atoms with Gasteiger partial charge in [0.2, 0.25) is 11.8 Å². The van der Waals surface area contributed by atoms with Crippen LogP contribution in [0.5, 0.6) is 0 Å². The van der Waals surface area contributed by atoms with Crippen LogP contribution in [0, 0.1) is 5.41 Å². The predicted molar refractivity (Wildman–Crippen MR) is 138 cm³/mol. The van der Waals surface area contributed by atoms with E-state index in [2.05, 4.69) is 10.6 Å². The van der Waals surface area contributed by atoms with Gasteiger partial charge in [-0.2, -0.15) is 0 Å². The van der Waals surface area contributed by atoms with Gasteiger partial charge in [-0.3, -0.25) is 20.3 Å².